The van der Waals surface area contributed by atoms with Gasteiger partial charge in [-0.3, -0.25) is 9.10 Å². The zero-order valence-electron chi connectivity index (χ0n) is 17.7. The molecule has 1 amide bonds. The van der Waals surface area contributed by atoms with Crippen molar-refractivity contribution in [2.45, 2.75) is 19.6 Å². The number of nitrogens with one attached hydrogen (secondary N) is 1. The third kappa shape index (κ3) is 6.06. The van der Waals surface area contributed by atoms with Crippen molar-refractivity contribution in [2.24, 2.45) is 0 Å². The first-order chi connectivity index (χ1) is 15.4. The van der Waals surface area contributed by atoms with Gasteiger partial charge in [0.2, 0.25) is 10.0 Å². The molecular formula is C23H20ClF3N2O3S. The Bertz CT molecular complexity index is 1280. The highest BCUT2D eigenvalue weighted by Gasteiger charge is 2.31. The summed E-state index contributed by atoms with van der Waals surface area (Å²) < 4.78 is 64.8. The van der Waals surface area contributed by atoms with E-state index in [1.54, 1.807) is 0 Å². The Kier molecular flexibility index (Phi) is 7.04. The highest BCUT2D eigenvalue weighted by atomic mass is 35.5. The molecule has 0 spiro atoms. The number of benzene rings is 3. The molecule has 1 N–H and O–H groups in total. The zero-order valence-corrected chi connectivity index (χ0v) is 19.2. The average molecular weight is 497 g/mol. The minimum Gasteiger partial charge on any atom is -0.321 e. The van der Waals surface area contributed by atoms with Crippen LogP contribution in [0.2, 0.25) is 5.02 Å². The number of carbonyl (C=O) groups excluding carboxylic acids is 1. The van der Waals surface area contributed by atoms with E-state index >= 15 is 0 Å². The van der Waals surface area contributed by atoms with Gasteiger partial charge in [0.05, 0.1) is 34.8 Å². The van der Waals surface area contributed by atoms with Crippen molar-refractivity contribution in [3.63, 3.8) is 0 Å². The first kappa shape index (κ1) is 24.6. The number of sulfonamides is 1. The van der Waals surface area contributed by atoms with Gasteiger partial charge >= 0.3 is 6.18 Å². The van der Waals surface area contributed by atoms with Crippen molar-refractivity contribution in [1.29, 1.82) is 0 Å². The fourth-order valence-corrected chi connectivity index (χ4v) is 4.16. The molecule has 0 aromatic heterocycles. The number of amides is 1. The molecule has 0 aliphatic carbocycles. The third-order valence-corrected chi connectivity index (χ3v) is 6.41. The molecule has 3 aromatic carbocycles. The molecule has 0 radical (unpaired) electrons. The summed E-state index contributed by atoms with van der Waals surface area (Å²) in [5.74, 6) is -0.687. The Balaban J connectivity index is 1.84. The summed E-state index contributed by atoms with van der Waals surface area (Å²) in [6.45, 7) is 1.99. The number of hydrogen-bond acceptors (Lipinski definition) is 3. The van der Waals surface area contributed by atoms with E-state index in [4.69, 9.17) is 11.6 Å². The maximum absolute atomic E-state index is 12.9. The summed E-state index contributed by atoms with van der Waals surface area (Å²) >= 11 is 5.93. The van der Waals surface area contributed by atoms with Crippen LogP contribution in [0.25, 0.3) is 0 Å². The van der Waals surface area contributed by atoms with E-state index in [2.05, 4.69) is 5.32 Å². The number of nitrogens with zero attached hydrogens (tertiary/aromatic N) is 1. The highest BCUT2D eigenvalue weighted by Crippen LogP contribution is 2.34. The van der Waals surface area contributed by atoms with Crippen molar-refractivity contribution in [2.75, 3.05) is 15.9 Å². The van der Waals surface area contributed by atoms with E-state index in [1.807, 2.05) is 31.2 Å². The van der Waals surface area contributed by atoms with Crippen LogP contribution in [0.3, 0.4) is 0 Å². The van der Waals surface area contributed by atoms with Crippen molar-refractivity contribution in [1.82, 2.24) is 0 Å². The Hall–Kier alpha value is -3.04. The number of alkyl halides is 3. The average Bonchev–Trinajstić information content (AvgIpc) is 2.73. The number of anilines is 2. The monoisotopic (exact) mass is 496 g/mol. The Morgan fingerprint density at radius 2 is 1.67 bits per heavy atom. The van der Waals surface area contributed by atoms with Crippen LogP contribution in [-0.4, -0.2) is 20.6 Å². The lowest BCUT2D eigenvalue weighted by Crippen LogP contribution is -2.29. The lowest BCUT2D eigenvalue weighted by Gasteiger charge is -2.23. The highest BCUT2D eigenvalue weighted by molar-refractivity contribution is 7.92. The van der Waals surface area contributed by atoms with Crippen LogP contribution in [0.4, 0.5) is 24.5 Å². The normalized spacial score (nSPS) is 11.8. The molecule has 0 aliphatic heterocycles. The molecule has 3 rings (SSSR count). The van der Waals surface area contributed by atoms with Gasteiger partial charge in [0, 0.05) is 5.56 Å². The van der Waals surface area contributed by atoms with Crippen LogP contribution in [0.5, 0.6) is 0 Å². The van der Waals surface area contributed by atoms with Gasteiger partial charge in [0.1, 0.15) is 0 Å². The van der Waals surface area contributed by atoms with E-state index in [0.29, 0.717) is 5.69 Å². The van der Waals surface area contributed by atoms with E-state index in [1.165, 1.54) is 28.6 Å². The summed E-state index contributed by atoms with van der Waals surface area (Å²) in [7, 11) is -3.63. The quantitative estimate of drug-likeness (QED) is 0.463. The molecule has 0 heterocycles. The number of carbonyl (C=O) groups is 1. The van der Waals surface area contributed by atoms with E-state index in [0.717, 1.165) is 35.6 Å². The second-order valence-corrected chi connectivity index (χ2v) is 9.70. The van der Waals surface area contributed by atoms with Crippen LogP contribution in [0.15, 0.2) is 66.7 Å². The van der Waals surface area contributed by atoms with Gasteiger partial charge in [-0.05, 0) is 60.5 Å². The molecule has 0 fully saturated rings. The van der Waals surface area contributed by atoms with Crippen molar-refractivity contribution in [3.05, 3.63) is 94.0 Å². The van der Waals surface area contributed by atoms with Gasteiger partial charge in [-0.2, -0.15) is 13.2 Å². The van der Waals surface area contributed by atoms with Gasteiger partial charge in [0.25, 0.3) is 5.91 Å². The SMILES string of the molecule is Cc1ccccc1CN(c1ccc(C(=O)Nc2cc(C(F)(F)F)ccc2Cl)cc1)S(C)(=O)=O. The molecule has 10 heteroatoms. The lowest BCUT2D eigenvalue weighted by atomic mass is 10.1. The van der Waals surface area contributed by atoms with Crippen LogP contribution < -0.4 is 9.62 Å². The smallest absolute Gasteiger partial charge is 0.321 e. The van der Waals surface area contributed by atoms with E-state index < -0.39 is 27.7 Å². The van der Waals surface area contributed by atoms with Gasteiger partial charge in [-0.1, -0.05) is 35.9 Å². The van der Waals surface area contributed by atoms with Gasteiger partial charge in [-0.15, -0.1) is 0 Å². The molecule has 0 saturated heterocycles. The molecular weight excluding hydrogens is 477 g/mol. The Labute approximate surface area is 194 Å². The summed E-state index contributed by atoms with van der Waals surface area (Å²) in [6, 6.07) is 15.7. The fraction of sp³-hybridized carbons (Fsp3) is 0.174. The van der Waals surface area contributed by atoms with Crippen LogP contribution in [0.1, 0.15) is 27.0 Å². The molecule has 0 atom stereocenters. The first-order valence-corrected chi connectivity index (χ1v) is 11.9. The van der Waals surface area contributed by atoms with Gasteiger partial charge in [-0.25, -0.2) is 8.42 Å². The molecule has 3 aromatic rings. The van der Waals surface area contributed by atoms with Crippen LogP contribution in [-0.2, 0) is 22.7 Å². The van der Waals surface area contributed by atoms with Crippen molar-refractivity contribution < 1.29 is 26.4 Å². The molecule has 5 nitrogen and oxygen atoms in total. The Morgan fingerprint density at radius 1 is 1.03 bits per heavy atom. The maximum atomic E-state index is 12.9. The maximum Gasteiger partial charge on any atom is 0.416 e. The molecule has 0 aliphatic rings. The van der Waals surface area contributed by atoms with E-state index in [-0.39, 0.29) is 22.8 Å². The predicted octanol–water partition coefficient (Wildman–Crippen LogP) is 5.89. The standard InChI is InChI=1S/C23H20ClF3N2O3S/c1-15-5-3-4-6-17(15)14-29(33(2,31)32)19-10-7-16(8-11-19)22(30)28-21-13-18(23(25,26)27)9-12-20(21)24/h3-13H,14H2,1-2H3,(H,28,30). The number of halogens is 4. The second-order valence-electron chi connectivity index (χ2n) is 7.39. The van der Waals surface area contributed by atoms with Crippen LogP contribution >= 0.6 is 11.6 Å². The molecule has 0 saturated carbocycles. The zero-order chi connectivity index (χ0) is 24.4. The Morgan fingerprint density at radius 3 is 2.24 bits per heavy atom. The van der Waals surface area contributed by atoms with Crippen molar-refractivity contribution >= 4 is 38.9 Å². The molecule has 0 unspecified atom stereocenters. The fourth-order valence-electron chi connectivity index (χ4n) is 3.11. The van der Waals surface area contributed by atoms with Gasteiger partial charge < -0.3 is 5.32 Å². The summed E-state index contributed by atoms with van der Waals surface area (Å²) in [6.07, 6.45) is -3.50. The van der Waals surface area contributed by atoms with Crippen LogP contribution in [0, 0.1) is 6.92 Å². The number of aryl methyl sites for hydroxylation is 1. The molecule has 174 valence electrons. The summed E-state index contributed by atoms with van der Waals surface area (Å²) in [5, 5.41) is 2.32. The first-order valence-electron chi connectivity index (χ1n) is 9.66. The lowest BCUT2D eigenvalue weighted by molar-refractivity contribution is -0.137. The van der Waals surface area contributed by atoms with E-state index in [9.17, 15) is 26.4 Å². The topological polar surface area (TPSA) is 66.5 Å². The molecule has 33 heavy (non-hydrogen) atoms. The summed E-state index contributed by atoms with van der Waals surface area (Å²) in [5.41, 5.74) is 1.09. The third-order valence-electron chi connectivity index (χ3n) is 4.93. The number of hydrogen-bond donors (Lipinski definition) is 1. The largest absolute Gasteiger partial charge is 0.416 e. The minimum atomic E-state index is -4.59. The summed E-state index contributed by atoms with van der Waals surface area (Å²) in [4.78, 5) is 12.6. The van der Waals surface area contributed by atoms with Gasteiger partial charge in [0.15, 0.2) is 0 Å². The predicted molar refractivity (Wildman–Crippen MR) is 123 cm³/mol. The second kappa shape index (κ2) is 9.44. The minimum absolute atomic E-state index is 0.0468. The molecule has 0 bridgehead atoms. The van der Waals surface area contributed by atoms with Crippen molar-refractivity contribution in [3.8, 4) is 0 Å². The number of rotatable bonds is 6.